The minimum absolute atomic E-state index is 0.325. The summed E-state index contributed by atoms with van der Waals surface area (Å²) in [6.45, 7) is 1.91. The van der Waals surface area contributed by atoms with Gasteiger partial charge < -0.3 is 4.90 Å². The first kappa shape index (κ1) is 11.3. The molecule has 14 heavy (non-hydrogen) atoms. The highest BCUT2D eigenvalue weighted by molar-refractivity contribution is 7.91. The average molecular weight is 215 g/mol. The lowest BCUT2D eigenvalue weighted by Gasteiger charge is -2.29. The van der Waals surface area contributed by atoms with E-state index in [-0.39, 0.29) is 0 Å². The molecule has 0 radical (unpaired) electrons. The fourth-order valence-electron chi connectivity index (χ4n) is 1.58. The third-order valence-corrected chi connectivity index (χ3v) is 4.26. The Morgan fingerprint density at radius 1 is 1.36 bits per heavy atom. The molecule has 1 fully saturated rings. The molecule has 0 aromatic heterocycles. The zero-order valence-corrected chi connectivity index (χ0v) is 9.55. The summed E-state index contributed by atoms with van der Waals surface area (Å²) < 4.78 is 22.4. The number of hydrogen-bond donors (Lipinski definition) is 0. The maximum absolute atomic E-state index is 11.2. The van der Waals surface area contributed by atoms with Crippen LogP contribution in [0.4, 0.5) is 0 Å². The van der Waals surface area contributed by atoms with Crippen LogP contribution >= 0.6 is 0 Å². The van der Waals surface area contributed by atoms with Crippen molar-refractivity contribution in [2.75, 3.05) is 18.6 Å². The SMILES string of the molecule is CC=C=CN(C)C1CCS(=O)(=O)CC1. The summed E-state index contributed by atoms with van der Waals surface area (Å²) >= 11 is 0. The lowest BCUT2D eigenvalue weighted by Crippen LogP contribution is -2.36. The maximum atomic E-state index is 11.2. The van der Waals surface area contributed by atoms with Gasteiger partial charge in [-0.05, 0) is 25.8 Å². The molecule has 0 unspecified atom stereocenters. The molecular formula is C10H17NO2S. The summed E-state index contributed by atoms with van der Waals surface area (Å²) in [6.07, 6.45) is 5.19. The summed E-state index contributed by atoms with van der Waals surface area (Å²) in [6, 6.07) is 0.353. The minimum atomic E-state index is -2.74. The van der Waals surface area contributed by atoms with Gasteiger partial charge in [-0.15, -0.1) is 5.73 Å². The molecule has 0 amide bonds. The Balaban J connectivity index is 2.54. The highest BCUT2D eigenvalue weighted by Crippen LogP contribution is 2.16. The van der Waals surface area contributed by atoms with Crippen LogP contribution in [0.2, 0.25) is 0 Å². The Kier molecular flexibility index (Phi) is 3.78. The van der Waals surface area contributed by atoms with E-state index in [0.29, 0.717) is 17.5 Å². The van der Waals surface area contributed by atoms with Crippen molar-refractivity contribution in [3.8, 4) is 0 Å². The molecule has 0 bridgehead atoms. The van der Waals surface area contributed by atoms with Crippen LogP contribution in [0.3, 0.4) is 0 Å². The molecule has 0 aromatic rings. The van der Waals surface area contributed by atoms with E-state index in [4.69, 9.17) is 0 Å². The van der Waals surface area contributed by atoms with Crippen LogP contribution in [0.1, 0.15) is 19.8 Å². The largest absolute Gasteiger partial charge is 0.371 e. The van der Waals surface area contributed by atoms with Crippen LogP contribution in [0.15, 0.2) is 18.0 Å². The number of rotatable bonds is 2. The van der Waals surface area contributed by atoms with Crippen LogP contribution in [0.5, 0.6) is 0 Å². The van der Waals surface area contributed by atoms with Crippen molar-refractivity contribution in [1.82, 2.24) is 4.90 Å². The van der Waals surface area contributed by atoms with E-state index < -0.39 is 9.84 Å². The van der Waals surface area contributed by atoms with Gasteiger partial charge in [0.05, 0.1) is 11.5 Å². The second-order valence-electron chi connectivity index (χ2n) is 3.63. The normalized spacial score (nSPS) is 21.0. The minimum Gasteiger partial charge on any atom is -0.371 e. The molecule has 0 atom stereocenters. The van der Waals surface area contributed by atoms with E-state index >= 15 is 0 Å². The van der Waals surface area contributed by atoms with E-state index in [1.807, 2.05) is 26.2 Å². The van der Waals surface area contributed by atoms with E-state index in [2.05, 4.69) is 10.6 Å². The van der Waals surface area contributed by atoms with Gasteiger partial charge in [-0.3, -0.25) is 0 Å². The van der Waals surface area contributed by atoms with E-state index in [1.165, 1.54) is 0 Å². The van der Waals surface area contributed by atoms with Gasteiger partial charge in [0.1, 0.15) is 9.84 Å². The molecule has 80 valence electrons. The van der Waals surface area contributed by atoms with Crippen molar-refractivity contribution in [3.05, 3.63) is 18.0 Å². The second kappa shape index (κ2) is 4.67. The summed E-state index contributed by atoms with van der Waals surface area (Å²) in [7, 11) is -0.767. The highest BCUT2D eigenvalue weighted by atomic mass is 32.2. The van der Waals surface area contributed by atoms with Gasteiger partial charge >= 0.3 is 0 Å². The molecule has 1 heterocycles. The Morgan fingerprint density at radius 2 is 1.93 bits per heavy atom. The highest BCUT2D eigenvalue weighted by Gasteiger charge is 2.24. The standard InChI is InChI=1S/C10H17NO2S/c1-3-4-7-11(2)10-5-8-14(12,13)9-6-10/h3,7,10H,5-6,8-9H2,1-2H3. The summed E-state index contributed by atoms with van der Waals surface area (Å²) in [4.78, 5) is 2.05. The molecule has 1 rings (SSSR count). The maximum Gasteiger partial charge on any atom is 0.150 e. The van der Waals surface area contributed by atoms with Gasteiger partial charge in [-0.25, -0.2) is 8.42 Å². The number of nitrogens with zero attached hydrogens (tertiary/aromatic N) is 1. The molecule has 0 saturated carbocycles. The molecule has 1 saturated heterocycles. The number of sulfone groups is 1. The zero-order chi connectivity index (χ0) is 10.6. The monoisotopic (exact) mass is 215 g/mol. The topological polar surface area (TPSA) is 37.4 Å². The molecule has 3 nitrogen and oxygen atoms in total. The van der Waals surface area contributed by atoms with E-state index in [1.54, 1.807) is 0 Å². The molecule has 1 aliphatic rings. The molecule has 0 aliphatic carbocycles. The van der Waals surface area contributed by atoms with Gasteiger partial charge in [0.15, 0.2) is 0 Å². The van der Waals surface area contributed by atoms with Gasteiger partial charge in [-0.2, -0.15) is 0 Å². The Bertz CT molecular complexity index is 325. The lowest BCUT2D eigenvalue weighted by molar-refractivity contribution is 0.306. The Labute approximate surface area is 86.0 Å². The Morgan fingerprint density at radius 3 is 2.43 bits per heavy atom. The van der Waals surface area contributed by atoms with E-state index in [0.717, 1.165) is 12.8 Å². The molecule has 4 heteroatoms. The van der Waals surface area contributed by atoms with Gasteiger partial charge in [0.2, 0.25) is 0 Å². The second-order valence-corrected chi connectivity index (χ2v) is 5.94. The molecule has 1 aliphatic heterocycles. The lowest BCUT2D eigenvalue weighted by atomic mass is 10.1. The Hall–Kier alpha value is -0.730. The van der Waals surface area contributed by atoms with Crippen LogP contribution < -0.4 is 0 Å². The number of allylic oxidation sites excluding steroid dienone is 1. The van der Waals surface area contributed by atoms with Crippen LogP contribution in [-0.2, 0) is 9.84 Å². The van der Waals surface area contributed by atoms with Gasteiger partial charge in [0.25, 0.3) is 0 Å². The smallest absolute Gasteiger partial charge is 0.150 e. The van der Waals surface area contributed by atoms with Crippen molar-refractivity contribution < 1.29 is 8.42 Å². The van der Waals surface area contributed by atoms with Crippen molar-refractivity contribution in [2.24, 2.45) is 0 Å². The predicted molar refractivity (Wildman–Crippen MR) is 57.8 cm³/mol. The zero-order valence-electron chi connectivity index (χ0n) is 8.73. The fourth-order valence-corrected chi connectivity index (χ4v) is 3.05. The van der Waals surface area contributed by atoms with Crippen molar-refractivity contribution >= 4 is 9.84 Å². The van der Waals surface area contributed by atoms with Crippen LogP contribution in [0.25, 0.3) is 0 Å². The third kappa shape index (κ3) is 3.20. The van der Waals surface area contributed by atoms with Crippen molar-refractivity contribution in [2.45, 2.75) is 25.8 Å². The first-order valence-corrected chi connectivity index (χ1v) is 6.67. The third-order valence-electron chi connectivity index (χ3n) is 2.54. The summed E-state index contributed by atoms with van der Waals surface area (Å²) in [5, 5.41) is 0. The first-order valence-electron chi connectivity index (χ1n) is 4.85. The van der Waals surface area contributed by atoms with Gasteiger partial charge in [0, 0.05) is 19.3 Å². The predicted octanol–water partition coefficient (Wildman–Crippen LogP) is 1.18. The molecule has 0 N–H and O–H groups in total. The average Bonchev–Trinajstić information content (AvgIpc) is 2.14. The van der Waals surface area contributed by atoms with Gasteiger partial charge in [-0.1, -0.05) is 0 Å². The van der Waals surface area contributed by atoms with E-state index in [9.17, 15) is 8.42 Å². The molecule has 0 spiro atoms. The summed E-state index contributed by atoms with van der Waals surface area (Å²) in [5.74, 6) is 0.650. The molecular weight excluding hydrogens is 198 g/mol. The van der Waals surface area contributed by atoms with Crippen molar-refractivity contribution in [1.29, 1.82) is 0 Å². The van der Waals surface area contributed by atoms with Crippen molar-refractivity contribution in [3.63, 3.8) is 0 Å². The van der Waals surface area contributed by atoms with Crippen LogP contribution in [0, 0.1) is 0 Å². The molecule has 0 aromatic carbocycles. The fraction of sp³-hybridized carbons (Fsp3) is 0.700. The quantitative estimate of drug-likeness (QED) is 0.649. The number of hydrogen-bond acceptors (Lipinski definition) is 3. The summed E-state index contributed by atoms with van der Waals surface area (Å²) in [5.41, 5.74) is 2.99. The first-order chi connectivity index (χ1) is 6.55. The van der Waals surface area contributed by atoms with Crippen LogP contribution in [-0.4, -0.2) is 37.9 Å².